The van der Waals surface area contributed by atoms with Crippen LogP contribution in [0.25, 0.3) is 11.0 Å². The molecule has 0 fully saturated rings. The van der Waals surface area contributed by atoms with Crippen LogP contribution in [0, 0.1) is 12.8 Å². The van der Waals surface area contributed by atoms with Gasteiger partial charge >= 0.3 is 0 Å². The predicted molar refractivity (Wildman–Crippen MR) is 103 cm³/mol. The maximum Gasteiger partial charge on any atom is 0.291 e. The number of rotatable bonds is 5. The maximum absolute atomic E-state index is 12.4. The predicted octanol–water partition coefficient (Wildman–Crippen LogP) is 4.98. The summed E-state index contributed by atoms with van der Waals surface area (Å²) in [6.45, 7) is 5.88. The number of para-hydroxylation sites is 1. The van der Waals surface area contributed by atoms with Crippen LogP contribution in [-0.4, -0.2) is 11.8 Å². The van der Waals surface area contributed by atoms with E-state index in [1.165, 1.54) is 0 Å². The largest absolute Gasteiger partial charge is 0.451 e. The van der Waals surface area contributed by atoms with Gasteiger partial charge in [0.1, 0.15) is 5.58 Å². The van der Waals surface area contributed by atoms with Gasteiger partial charge in [-0.25, -0.2) is 0 Å². The zero-order valence-electron chi connectivity index (χ0n) is 15.1. The van der Waals surface area contributed by atoms with E-state index in [0.717, 1.165) is 16.6 Å². The van der Waals surface area contributed by atoms with E-state index in [1.54, 1.807) is 18.2 Å². The van der Waals surface area contributed by atoms with E-state index < -0.39 is 0 Å². The Balaban J connectivity index is 1.71. The van der Waals surface area contributed by atoms with Crippen molar-refractivity contribution in [3.63, 3.8) is 0 Å². The summed E-state index contributed by atoms with van der Waals surface area (Å²) in [6.07, 6.45) is 0.476. The number of benzene rings is 2. The Morgan fingerprint density at radius 3 is 2.50 bits per heavy atom. The highest BCUT2D eigenvalue weighted by molar-refractivity contribution is 6.05. The van der Waals surface area contributed by atoms with Gasteiger partial charge in [-0.3, -0.25) is 9.59 Å². The van der Waals surface area contributed by atoms with Crippen LogP contribution in [0.3, 0.4) is 0 Å². The van der Waals surface area contributed by atoms with E-state index in [0.29, 0.717) is 23.6 Å². The molecule has 2 aromatic carbocycles. The van der Waals surface area contributed by atoms with Crippen molar-refractivity contribution in [2.24, 2.45) is 5.92 Å². The molecule has 0 spiro atoms. The summed E-state index contributed by atoms with van der Waals surface area (Å²) in [4.78, 5) is 24.3. The summed E-state index contributed by atoms with van der Waals surface area (Å²) in [5.41, 5.74) is 2.93. The Hall–Kier alpha value is -3.08. The van der Waals surface area contributed by atoms with Gasteiger partial charge < -0.3 is 15.1 Å². The summed E-state index contributed by atoms with van der Waals surface area (Å²) in [5.74, 6) is 0.248. The number of amides is 2. The highest BCUT2D eigenvalue weighted by atomic mass is 16.3. The average molecular weight is 350 g/mol. The first-order valence-electron chi connectivity index (χ1n) is 8.63. The van der Waals surface area contributed by atoms with Crippen molar-refractivity contribution in [1.29, 1.82) is 0 Å². The van der Waals surface area contributed by atoms with Crippen LogP contribution in [-0.2, 0) is 4.79 Å². The van der Waals surface area contributed by atoms with Crippen LogP contribution >= 0.6 is 0 Å². The van der Waals surface area contributed by atoms with Crippen molar-refractivity contribution in [3.8, 4) is 0 Å². The molecule has 3 rings (SSSR count). The highest BCUT2D eigenvalue weighted by Gasteiger charge is 2.14. The minimum atomic E-state index is -0.305. The average Bonchev–Trinajstić information content (AvgIpc) is 3.00. The highest BCUT2D eigenvalue weighted by Crippen LogP contribution is 2.23. The zero-order chi connectivity index (χ0) is 18.7. The van der Waals surface area contributed by atoms with E-state index in [4.69, 9.17) is 4.42 Å². The normalized spacial score (nSPS) is 10.9. The minimum Gasteiger partial charge on any atom is -0.451 e. The first kappa shape index (κ1) is 17.7. The van der Waals surface area contributed by atoms with E-state index in [1.807, 2.05) is 51.1 Å². The Labute approximate surface area is 152 Å². The van der Waals surface area contributed by atoms with E-state index in [9.17, 15) is 9.59 Å². The summed E-state index contributed by atoms with van der Waals surface area (Å²) in [5, 5.41) is 6.62. The van der Waals surface area contributed by atoms with Crippen LogP contribution in [0.15, 0.2) is 52.9 Å². The summed E-state index contributed by atoms with van der Waals surface area (Å²) < 4.78 is 5.59. The van der Waals surface area contributed by atoms with Crippen molar-refractivity contribution < 1.29 is 14.0 Å². The second-order valence-corrected chi connectivity index (χ2v) is 6.78. The Bertz CT molecular complexity index is 924. The molecule has 1 aromatic heterocycles. The van der Waals surface area contributed by atoms with Crippen LogP contribution in [0.2, 0.25) is 0 Å². The van der Waals surface area contributed by atoms with Gasteiger partial charge in [0.05, 0.1) is 0 Å². The third-order valence-corrected chi connectivity index (χ3v) is 4.00. The van der Waals surface area contributed by atoms with Crippen molar-refractivity contribution in [2.45, 2.75) is 27.2 Å². The Morgan fingerprint density at radius 1 is 1.04 bits per heavy atom. The lowest BCUT2D eigenvalue weighted by Crippen LogP contribution is -2.15. The topological polar surface area (TPSA) is 71.3 Å². The van der Waals surface area contributed by atoms with Crippen LogP contribution in [0.1, 0.15) is 36.4 Å². The molecule has 5 nitrogen and oxygen atoms in total. The number of carbonyl (C=O) groups excluding carboxylic acids is 2. The van der Waals surface area contributed by atoms with Crippen molar-refractivity contribution in [3.05, 3.63) is 59.9 Å². The van der Waals surface area contributed by atoms with E-state index in [2.05, 4.69) is 10.6 Å². The summed E-state index contributed by atoms with van der Waals surface area (Å²) in [6, 6.07) is 14.6. The zero-order valence-corrected chi connectivity index (χ0v) is 15.1. The number of carbonyl (C=O) groups is 2. The number of anilines is 2. The first-order valence-corrected chi connectivity index (χ1v) is 8.63. The number of hydrogen-bond donors (Lipinski definition) is 2. The Morgan fingerprint density at radius 2 is 1.81 bits per heavy atom. The quantitative estimate of drug-likeness (QED) is 0.682. The van der Waals surface area contributed by atoms with Gasteiger partial charge in [-0.2, -0.15) is 0 Å². The van der Waals surface area contributed by atoms with Gasteiger partial charge in [0.2, 0.25) is 5.91 Å². The van der Waals surface area contributed by atoms with Crippen molar-refractivity contribution in [2.75, 3.05) is 10.6 Å². The number of fused-ring (bicyclic) bond motifs is 1. The van der Waals surface area contributed by atoms with Gasteiger partial charge in [0, 0.05) is 23.2 Å². The third kappa shape index (κ3) is 4.11. The molecule has 1 heterocycles. The van der Waals surface area contributed by atoms with Crippen molar-refractivity contribution >= 4 is 34.2 Å². The molecule has 0 aliphatic rings. The number of aryl methyl sites for hydroxylation is 1. The van der Waals surface area contributed by atoms with Gasteiger partial charge in [-0.15, -0.1) is 0 Å². The molecular formula is C21H22N2O3. The van der Waals surface area contributed by atoms with Crippen LogP contribution in [0.4, 0.5) is 11.4 Å². The minimum absolute atomic E-state index is 0.0153. The molecule has 0 radical (unpaired) electrons. The standard InChI is InChI=1S/C21H22N2O3/c1-13(2)10-20(24)22-16-8-9-17(14(3)11-16)23-21(25)19-12-15-6-4-5-7-18(15)26-19/h4-9,11-13H,10H2,1-3H3,(H,22,24)(H,23,25). The molecule has 2 N–H and O–H groups in total. The lowest BCUT2D eigenvalue weighted by Gasteiger charge is -2.11. The molecule has 0 saturated heterocycles. The fourth-order valence-corrected chi connectivity index (χ4v) is 2.74. The molecule has 0 bridgehead atoms. The molecule has 5 heteroatoms. The molecule has 0 aliphatic carbocycles. The molecular weight excluding hydrogens is 328 g/mol. The fraction of sp³-hybridized carbons (Fsp3) is 0.238. The number of furan rings is 1. The summed E-state index contributed by atoms with van der Waals surface area (Å²) >= 11 is 0. The third-order valence-electron chi connectivity index (χ3n) is 4.00. The lowest BCUT2D eigenvalue weighted by molar-refractivity contribution is -0.116. The first-order chi connectivity index (χ1) is 12.4. The molecule has 3 aromatic rings. The number of nitrogens with one attached hydrogen (secondary N) is 2. The molecule has 0 saturated carbocycles. The monoisotopic (exact) mass is 350 g/mol. The smallest absolute Gasteiger partial charge is 0.291 e. The molecule has 0 aliphatic heterocycles. The maximum atomic E-state index is 12.4. The lowest BCUT2D eigenvalue weighted by atomic mass is 10.1. The molecule has 26 heavy (non-hydrogen) atoms. The summed E-state index contributed by atoms with van der Waals surface area (Å²) in [7, 11) is 0. The molecule has 134 valence electrons. The van der Waals surface area contributed by atoms with E-state index in [-0.39, 0.29) is 17.6 Å². The van der Waals surface area contributed by atoms with Gasteiger partial charge in [-0.1, -0.05) is 32.0 Å². The Kier molecular flexibility index (Phi) is 5.07. The molecule has 2 amide bonds. The van der Waals surface area contributed by atoms with Gasteiger partial charge in [0.25, 0.3) is 5.91 Å². The van der Waals surface area contributed by atoms with Gasteiger partial charge in [0.15, 0.2) is 5.76 Å². The van der Waals surface area contributed by atoms with E-state index >= 15 is 0 Å². The van der Waals surface area contributed by atoms with Gasteiger partial charge in [-0.05, 0) is 48.7 Å². The van der Waals surface area contributed by atoms with Crippen LogP contribution in [0.5, 0.6) is 0 Å². The van der Waals surface area contributed by atoms with Crippen LogP contribution < -0.4 is 10.6 Å². The molecule has 0 unspecified atom stereocenters. The fourth-order valence-electron chi connectivity index (χ4n) is 2.74. The number of hydrogen-bond acceptors (Lipinski definition) is 3. The molecule has 0 atom stereocenters. The van der Waals surface area contributed by atoms with Crippen molar-refractivity contribution in [1.82, 2.24) is 0 Å². The second-order valence-electron chi connectivity index (χ2n) is 6.78. The second kappa shape index (κ2) is 7.44. The SMILES string of the molecule is Cc1cc(NC(=O)CC(C)C)ccc1NC(=O)c1cc2ccccc2o1.